The van der Waals surface area contributed by atoms with Gasteiger partial charge in [0.15, 0.2) is 11.6 Å². The highest BCUT2D eigenvalue weighted by molar-refractivity contribution is 7.78. The summed E-state index contributed by atoms with van der Waals surface area (Å²) in [5, 5.41) is 1.95. The van der Waals surface area contributed by atoms with Crippen LogP contribution in [0.1, 0.15) is 30.0 Å². The summed E-state index contributed by atoms with van der Waals surface area (Å²) in [5.74, 6) is 4.02. The van der Waals surface area contributed by atoms with Gasteiger partial charge in [0.1, 0.15) is 5.69 Å². The van der Waals surface area contributed by atoms with Crippen LogP contribution in [0, 0.1) is 23.5 Å². The van der Waals surface area contributed by atoms with E-state index in [2.05, 4.69) is 36.0 Å². The Hall–Kier alpha value is -2.34. The highest BCUT2D eigenvalue weighted by atomic mass is 32.1. The van der Waals surface area contributed by atoms with Gasteiger partial charge in [-0.3, -0.25) is 0 Å². The molecule has 4 heteroatoms. The second kappa shape index (κ2) is 7.61. The first-order valence-electron chi connectivity index (χ1n) is 6.82. The molecule has 0 fully saturated rings. The number of rotatable bonds is 3. The number of isothiocyanates is 1. The fourth-order valence-electron chi connectivity index (χ4n) is 1.98. The van der Waals surface area contributed by atoms with Crippen molar-refractivity contribution in [3.8, 4) is 11.8 Å². The van der Waals surface area contributed by atoms with Crippen LogP contribution in [-0.4, -0.2) is 5.16 Å². The maximum Gasteiger partial charge on any atom is 0.153 e. The van der Waals surface area contributed by atoms with Crippen LogP contribution in [0.25, 0.3) is 0 Å². The predicted molar refractivity (Wildman–Crippen MR) is 87.5 cm³/mol. The molecule has 0 spiro atoms. The molecule has 0 aliphatic rings. The maximum atomic E-state index is 13.7. The first kappa shape index (κ1) is 16.0. The molecule has 0 saturated heterocycles. The zero-order valence-corrected chi connectivity index (χ0v) is 12.8. The normalized spacial score (nSPS) is 9.59. The zero-order valence-electron chi connectivity index (χ0n) is 12.0. The largest absolute Gasteiger partial charge is 0.204 e. The molecule has 0 saturated carbocycles. The second-order valence-corrected chi connectivity index (χ2v) is 4.87. The third kappa shape index (κ3) is 4.08. The smallest absolute Gasteiger partial charge is 0.153 e. The Morgan fingerprint density at radius 3 is 2.14 bits per heavy atom. The van der Waals surface area contributed by atoms with E-state index in [-0.39, 0.29) is 5.56 Å². The zero-order chi connectivity index (χ0) is 15.9. The van der Waals surface area contributed by atoms with E-state index in [1.807, 2.05) is 29.4 Å². The van der Waals surface area contributed by atoms with E-state index in [1.165, 1.54) is 5.56 Å². The van der Waals surface area contributed by atoms with Gasteiger partial charge in [-0.15, -0.1) is 0 Å². The van der Waals surface area contributed by atoms with Crippen LogP contribution in [0.2, 0.25) is 0 Å². The minimum Gasteiger partial charge on any atom is -0.204 e. The third-order valence-corrected chi connectivity index (χ3v) is 3.11. The molecule has 2 aromatic rings. The summed E-state index contributed by atoms with van der Waals surface area (Å²) >= 11 is 4.35. The van der Waals surface area contributed by atoms with E-state index in [1.54, 1.807) is 0 Å². The molecule has 0 unspecified atom stereocenters. The number of aryl methyl sites for hydroxylation is 1. The molecule has 2 rings (SSSR count). The highest BCUT2D eigenvalue weighted by Gasteiger charge is 2.09. The Morgan fingerprint density at radius 1 is 1.00 bits per heavy atom. The van der Waals surface area contributed by atoms with E-state index in [4.69, 9.17) is 0 Å². The highest BCUT2D eigenvalue weighted by Crippen LogP contribution is 2.23. The molecule has 0 aliphatic heterocycles. The molecule has 0 aliphatic carbocycles. The summed E-state index contributed by atoms with van der Waals surface area (Å²) in [6, 6.07) is 10.1. The van der Waals surface area contributed by atoms with Crippen molar-refractivity contribution in [1.29, 1.82) is 0 Å². The van der Waals surface area contributed by atoms with Crippen LogP contribution >= 0.6 is 12.2 Å². The van der Waals surface area contributed by atoms with Gasteiger partial charge in [-0.1, -0.05) is 37.3 Å². The number of hydrogen-bond acceptors (Lipinski definition) is 2. The van der Waals surface area contributed by atoms with Crippen LogP contribution in [0.3, 0.4) is 0 Å². The molecule has 22 heavy (non-hydrogen) atoms. The van der Waals surface area contributed by atoms with E-state index in [0.717, 1.165) is 30.5 Å². The van der Waals surface area contributed by atoms with Gasteiger partial charge in [0.05, 0.1) is 5.16 Å². The summed E-state index contributed by atoms with van der Waals surface area (Å²) in [6.45, 7) is 2.12. The average Bonchev–Trinajstić information content (AvgIpc) is 2.50. The lowest BCUT2D eigenvalue weighted by Gasteiger charge is -1.99. The minimum atomic E-state index is -0.806. The van der Waals surface area contributed by atoms with Gasteiger partial charge in [0, 0.05) is 11.1 Å². The summed E-state index contributed by atoms with van der Waals surface area (Å²) < 4.78 is 27.3. The molecule has 0 heterocycles. The lowest BCUT2D eigenvalue weighted by Crippen LogP contribution is -1.87. The number of aliphatic imine (C=N–C) groups is 1. The number of thiocarbonyl (C=S) groups is 1. The SMILES string of the molecule is CCCc1ccc(C#Cc2cc(F)c(N=C=S)c(F)c2)cc1. The van der Waals surface area contributed by atoms with Crippen molar-refractivity contribution >= 4 is 23.1 Å². The summed E-state index contributed by atoms with van der Waals surface area (Å²) in [4.78, 5) is 3.36. The fraction of sp³-hybridized carbons (Fsp3) is 0.167. The molecule has 110 valence electrons. The van der Waals surface area contributed by atoms with Gasteiger partial charge in [0.2, 0.25) is 0 Å². The lowest BCUT2D eigenvalue weighted by molar-refractivity contribution is 0.587. The summed E-state index contributed by atoms with van der Waals surface area (Å²) in [5.41, 5.74) is 1.84. The van der Waals surface area contributed by atoms with Gasteiger partial charge in [-0.05, 0) is 48.5 Å². The van der Waals surface area contributed by atoms with Crippen molar-refractivity contribution in [2.45, 2.75) is 19.8 Å². The van der Waals surface area contributed by atoms with Crippen molar-refractivity contribution in [2.24, 2.45) is 4.99 Å². The standard InChI is InChI=1S/C18H13F2NS/c1-2-3-13-4-6-14(7-5-13)8-9-15-10-16(19)18(21-12-22)17(20)11-15/h4-7,10-11H,2-3H2,1H3. The summed E-state index contributed by atoms with van der Waals surface area (Å²) in [7, 11) is 0. The Kier molecular flexibility index (Phi) is 5.55. The number of benzene rings is 2. The van der Waals surface area contributed by atoms with E-state index < -0.39 is 17.3 Å². The van der Waals surface area contributed by atoms with E-state index in [0.29, 0.717) is 0 Å². The fourth-order valence-corrected chi connectivity index (χ4v) is 2.07. The molecule has 0 atom stereocenters. The van der Waals surface area contributed by atoms with Gasteiger partial charge in [-0.25, -0.2) is 8.78 Å². The average molecular weight is 313 g/mol. The topological polar surface area (TPSA) is 12.4 Å². The Balaban J connectivity index is 2.26. The van der Waals surface area contributed by atoms with Crippen molar-refractivity contribution in [1.82, 2.24) is 0 Å². The van der Waals surface area contributed by atoms with Crippen LogP contribution in [-0.2, 0) is 6.42 Å². The molecular weight excluding hydrogens is 300 g/mol. The molecule has 0 bridgehead atoms. The molecule has 1 nitrogen and oxygen atoms in total. The summed E-state index contributed by atoms with van der Waals surface area (Å²) in [6.07, 6.45) is 2.10. The van der Waals surface area contributed by atoms with Crippen LogP contribution in [0.5, 0.6) is 0 Å². The number of hydrogen-bond donors (Lipinski definition) is 0. The van der Waals surface area contributed by atoms with Crippen LogP contribution in [0.4, 0.5) is 14.5 Å². The van der Waals surface area contributed by atoms with Gasteiger partial charge < -0.3 is 0 Å². The quantitative estimate of drug-likeness (QED) is 0.439. The Bertz CT molecular complexity index is 756. The van der Waals surface area contributed by atoms with E-state index in [9.17, 15) is 8.78 Å². The molecular formula is C18H13F2NS. The lowest BCUT2D eigenvalue weighted by atomic mass is 10.1. The predicted octanol–water partition coefficient (Wildman–Crippen LogP) is 5.05. The maximum absolute atomic E-state index is 13.7. The monoisotopic (exact) mass is 313 g/mol. The Labute approximate surface area is 133 Å². The third-order valence-electron chi connectivity index (χ3n) is 3.02. The van der Waals surface area contributed by atoms with Gasteiger partial charge in [-0.2, -0.15) is 4.99 Å². The molecule has 0 N–H and O–H groups in total. The molecule has 0 aromatic heterocycles. The second-order valence-electron chi connectivity index (χ2n) is 4.69. The van der Waals surface area contributed by atoms with Crippen LogP contribution in [0.15, 0.2) is 41.4 Å². The van der Waals surface area contributed by atoms with Gasteiger partial charge >= 0.3 is 0 Å². The van der Waals surface area contributed by atoms with Crippen molar-refractivity contribution in [3.63, 3.8) is 0 Å². The minimum absolute atomic E-state index is 0.246. The van der Waals surface area contributed by atoms with E-state index >= 15 is 0 Å². The van der Waals surface area contributed by atoms with Crippen molar-refractivity contribution in [3.05, 3.63) is 64.7 Å². The van der Waals surface area contributed by atoms with Crippen molar-refractivity contribution < 1.29 is 8.78 Å². The first-order chi connectivity index (χ1) is 10.6. The van der Waals surface area contributed by atoms with Crippen molar-refractivity contribution in [2.75, 3.05) is 0 Å². The Morgan fingerprint density at radius 2 is 1.59 bits per heavy atom. The van der Waals surface area contributed by atoms with Crippen LogP contribution < -0.4 is 0 Å². The van der Waals surface area contributed by atoms with Gasteiger partial charge in [0.25, 0.3) is 0 Å². The number of nitrogens with zero attached hydrogens (tertiary/aromatic N) is 1. The molecule has 0 amide bonds. The molecule has 0 radical (unpaired) electrons. The first-order valence-corrected chi connectivity index (χ1v) is 7.22. The number of halogens is 2. The molecule has 2 aromatic carbocycles.